The molecular formula is C14H22ClN3O3. The zero-order valence-corrected chi connectivity index (χ0v) is 13.1. The van der Waals surface area contributed by atoms with Crippen molar-refractivity contribution in [2.45, 2.75) is 19.4 Å². The number of nitrogens with zero attached hydrogens (tertiary/aromatic N) is 1. The standard InChI is InChI=1S/C14H21N3O3.ClH/c1-10-5-3-4-6-12(10)20-8-7-17(2)14(19)11(15)9-13(16)18;/h3-6,11H,7-9,15H2,1-2H3,(H2,16,18);1H. The lowest BCUT2D eigenvalue weighted by Gasteiger charge is -2.21. The number of rotatable bonds is 7. The molecule has 0 fully saturated rings. The fourth-order valence-electron chi connectivity index (χ4n) is 1.71. The highest BCUT2D eigenvalue weighted by Gasteiger charge is 2.19. The third-order valence-electron chi connectivity index (χ3n) is 2.89. The van der Waals surface area contributed by atoms with Crippen LogP contribution in [0, 0.1) is 6.92 Å². The maximum absolute atomic E-state index is 11.8. The van der Waals surface area contributed by atoms with Gasteiger partial charge in [0.25, 0.3) is 0 Å². The van der Waals surface area contributed by atoms with E-state index in [-0.39, 0.29) is 24.7 Å². The molecule has 0 aromatic heterocycles. The first-order valence-electron chi connectivity index (χ1n) is 6.39. The molecule has 6 nitrogen and oxygen atoms in total. The molecular weight excluding hydrogens is 294 g/mol. The van der Waals surface area contributed by atoms with Crippen molar-refractivity contribution in [3.8, 4) is 5.75 Å². The van der Waals surface area contributed by atoms with Gasteiger partial charge in [-0.1, -0.05) is 18.2 Å². The smallest absolute Gasteiger partial charge is 0.239 e. The van der Waals surface area contributed by atoms with Gasteiger partial charge >= 0.3 is 0 Å². The van der Waals surface area contributed by atoms with Crippen LogP contribution in [0.2, 0.25) is 0 Å². The zero-order valence-electron chi connectivity index (χ0n) is 12.2. The van der Waals surface area contributed by atoms with E-state index >= 15 is 0 Å². The molecule has 1 rings (SSSR count). The molecule has 0 heterocycles. The SMILES string of the molecule is Cc1ccccc1OCCN(C)C(=O)C(N)CC(N)=O.Cl. The van der Waals surface area contributed by atoms with Crippen molar-refractivity contribution in [2.24, 2.45) is 11.5 Å². The third kappa shape index (κ3) is 6.46. The van der Waals surface area contributed by atoms with E-state index in [9.17, 15) is 9.59 Å². The van der Waals surface area contributed by atoms with Crippen LogP contribution in [-0.2, 0) is 9.59 Å². The number of aryl methyl sites for hydroxylation is 1. The molecule has 0 aliphatic rings. The Balaban J connectivity index is 0.00000400. The van der Waals surface area contributed by atoms with Crippen molar-refractivity contribution in [1.82, 2.24) is 4.90 Å². The zero-order chi connectivity index (χ0) is 15.1. The average molecular weight is 316 g/mol. The Morgan fingerprint density at radius 1 is 1.33 bits per heavy atom. The number of hydrogen-bond donors (Lipinski definition) is 2. The number of primary amides is 1. The molecule has 4 N–H and O–H groups in total. The van der Waals surface area contributed by atoms with Gasteiger partial charge in [0.15, 0.2) is 0 Å². The molecule has 1 atom stereocenters. The summed E-state index contributed by atoms with van der Waals surface area (Å²) in [6.07, 6.45) is -0.151. The van der Waals surface area contributed by atoms with Crippen LogP contribution in [-0.4, -0.2) is 43.0 Å². The summed E-state index contributed by atoms with van der Waals surface area (Å²) in [4.78, 5) is 24.0. The fraction of sp³-hybridized carbons (Fsp3) is 0.429. The number of halogens is 1. The van der Waals surface area contributed by atoms with Gasteiger partial charge in [-0.3, -0.25) is 9.59 Å². The molecule has 0 radical (unpaired) electrons. The lowest BCUT2D eigenvalue weighted by Crippen LogP contribution is -2.45. The molecule has 2 amide bonds. The highest BCUT2D eigenvalue weighted by Crippen LogP contribution is 2.15. The Morgan fingerprint density at radius 2 is 1.95 bits per heavy atom. The summed E-state index contributed by atoms with van der Waals surface area (Å²) in [6.45, 7) is 2.70. The number of ether oxygens (including phenoxy) is 1. The summed E-state index contributed by atoms with van der Waals surface area (Å²) in [7, 11) is 1.62. The van der Waals surface area contributed by atoms with E-state index < -0.39 is 11.9 Å². The van der Waals surface area contributed by atoms with Crippen LogP contribution in [0.15, 0.2) is 24.3 Å². The Labute approximate surface area is 130 Å². The van der Waals surface area contributed by atoms with Gasteiger partial charge in [-0.2, -0.15) is 0 Å². The highest BCUT2D eigenvalue weighted by molar-refractivity contribution is 5.87. The minimum Gasteiger partial charge on any atom is -0.491 e. The summed E-state index contributed by atoms with van der Waals surface area (Å²) < 4.78 is 5.59. The molecule has 0 aliphatic carbocycles. The van der Waals surface area contributed by atoms with Gasteiger partial charge in [-0.05, 0) is 18.6 Å². The van der Waals surface area contributed by atoms with E-state index in [1.165, 1.54) is 4.90 Å². The largest absolute Gasteiger partial charge is 0.491 e. The van der Waals surface area contributed by atoms with E-state index in [1.807, 2.05) is 31.2 Å². The molecule has 0 bridgehead atoms. The molecule has 1 unspecified atom stereocenters. The summed E-state index contributed by atoms with van der Waals surface area (Å²) in [5, 5.41) is 0. The molecule has 7 heteroatoms. The Bertz CT molecular complexity index is 482. The second kappa shape index (κ2) is 9.20. The second-order valence-electron chi connectivity index (χ2n) is 4.65. The number of amides is 2. The van der Waals surface area contributed by atoms with Crippen molar-refractivity contribution in [3.05, 3.63) is 29.8 Å². The fourth-order valence-corrected chi connectivity index (χ4v) is 1.71. The first-order chi connectivity index (χ1) is 9.41. The number of hydrogen-bond acceptors (Lipinski definition) is 4. The summed E-state index contributed by atoms with van der Waals surface area (Å²) in [6, 6.07) is 6.75. The molecule has 21 heavy (non-hydrogen) atoms. The van der Waals surface area contributed by atoms with Crippen molar-refractivity contribution >= 4 is 24.2 Å². The van der Waals surface area contributed by atoms with E-state index in [1.54, 1.807) is 7.05 Å². The topological polar surface area (TPSA) is 98.7 Å². The second-order valence-corrected chi connectivity index (χ2v) is 4.65. The Hall–Kier alpha value is -1.79. The van der Waals surface area contributed by atoms with Gasteiger partial charge in [-0.15, -0.1) is 12.4 Å². The molecule has 118 valence electrons. The number of para-hydroxylation sites is 1. The normalized spacial score (nSPS) is 11.2. The average Bonchev–Trinajstić information content (AvgIpc) is 2.39. The Morgan fingerprint density at radius 3 is 2.52 bits per heavy atom. The number of benzene rings is 1. The van der Waals surface area contributed by atoms with Crippen LogP contribution in [0.4, 0.5) is 0 Å². The third-order valence-corrected chi connectivity index (χ3v) is 2.89. The minimum absolute atomic E-state index is 0. The van der Waals surface area contributed by atoms with E-state index in [0.717, 1.165) is 11.3 Å². The van der Waals surface area contributed by atoms with Crippen molar-refractivity contribution in [2.75, 3.05) is 20.2 Å². The van der Waals surface area contributed by atoms with Crippen molar-refractivity contribution in [3.63, 3.8) is 0 Å². The lowest BCUT2D eigenvalue weighted by atomic mass is 10.2. The van der Waals surface area contributed by atoms with E-state index in [0.29, 0.717) is 13.2 Å². The predicted molar refractivity (Wildman–Crippen MR) is 83.3 cm³/mol. The van der Waals surface area contributed by atoms with Crippen LogP contribution in [0.1, 0.15) is 12.0 Å². The quantitative estimate of drug-likeness (QED) is 0.763. The first-order valence-corrected chi connectivity index (χ1v) is 6.39. The molecule has 0 saturated heterocycles. The minimum atomic E-state index is -0.893. The first kappa shape index (κ1) is 19.2. The Kier molecular flexibility index (Phi) is 8.42. The molecule has 0 aliphatic heterocycles. The highest BCUT2D eigenvalue weighted by atomic mass is 35.5. The monoisotopic (exact) mass is 315 g/mol. The predicted octanol–water partition coefficient (Wildman–Crippen LogP) is 0.457. The summed E-state index contributed by atoms with van der Waals surface area (Å²) in [5.74, 6) is -0.123. The molecule has 1 aromatic carbocycles. The number of nitrogens with two attached hydrogens (primary N) is 2. The number of carbonyl (C=O) groups excluding carboxylic acids is 2. The van der Waals surface area contributed by atoms with Crippen LogP contribution >= 0.6 is 12.4 Å². The van der Waals surface area contributed by atoms with Crippen molar-refractivity contribution < 1.29 is 14.3 Å². The van der Waals surface area contributed by atoms with Gasteiger partial charge in [0, 0.05) is 7.05 Å². The van der Waals surface area contributed by atoms with Gasteiger partial charge in [0.05, 0.1) is 19.0 Å². The maximum Gasteiger partial charge on any atom is 0.239 e. The summed E-state index contributed by atoms with van der Waals surface area (Å²) in [5.41, 5.74) is 11.6. The lowest BCUT2D eigenvalue weighted by molar-refractivity contribution is -0.133. The summed E-state index contributed by atoms with van der Waals surface area (Å²) >= 11 is 0. The van der Waals surface area contributed by atoms with Crippen LogP contribution in [0.3, 0.4) is 0 Å². The van der Waals surface area contributed by atoms with Gasteiger partial charge in [-0.25, -0.2) is 0 Å². The van der Waals surface area contributed by atoms with Crippen LogP contribution < -0.4 is 16.2 Å². The molecule has 0 spiro atoms. The van der Waals surface area contributed by atoms with Crippen LogP contribution in [0.25, 0.3) is 0 Å². The number of likely N-dealkylation sites (N-methyl/N-ethyl adjacent to an activating group) is 1. The molecule has 0 saturated carbocycles. The van der Waals surface area contributed by atoms with E-state index in [4.69, 9.17) is 16.2 Å². The van der Waals surface area contributed by atoms with Gasteiger partial charge in [0.1, 0.15) is 12.4 Å². The van der Waals surface area contributed by atoms with Crippen molar-refractivity contribution in [1.29, 1.82) is 0 Å². The molecule has 1 aromatic rings. The van der Waals surface area contributed by atoms with E-state index in [2.05, 4.69) is 0 Å². The van der Waals surface area contributed by atoms with Gasteiger partial charge < -0.3 is 21.1 Å². The number of carbonyl (C=O) groups is 2. The van der Waals surface area contributed by atoms with Crippen LogP contribution in [0.5, 0.6) is 5.75 Å². The van der Waals surface area contributed by atoms with Gasteiger partial charge in [0.2, 0.25) is 11.8 Å². The maximum atomic E-state index is 11.8.